The Morgan fingerprint density at radius 1 is 1.35 bits per heavy atom. The summed E-state index contributed by atoms with van der Waals surface area (Å²) in [7, 11) is 1.83. The van der Waals surface area contributed by atoms with Gasteiger partial charge in [-0.25, -0.2) is 0 Å². The fraction of sp³-hybridized carbons (Fsp3) is 0.800. The smallest absolute Gasteiger partial charge is 0.112 e. The van der Waals surface area contributed by atoms with Crippen LogP contribution in [0.25, 0.3) is 0 Å². The summed E-state index contributed by atoms with van der Waals surface area (Å²) in [5.74, 6) is 0. The second kappa shape index (κ2) is 5.47. The highest BCUT2D eigenvalue weighted by atomic mass is 16.5. The van der Waals surface area contributed by atoms with Gasteiger partial charge in [-0.3, -0.25) is 9.58 Å². The van der Waals surface area contributed by atoms with Crippen LogP contribution in [-0.2, 0) is 15.1 Å². The summed E-state index contributed by atoms with van der Waals surface area (Å²) >= 11 is 0. The van der Waals surface area contributed by atoms with Crippen molar-refractivity contribution in [3.8, 4) is 0 Å². The van der Waals surface area contributed by atoms with Crippen LogP contribution in [0.2, 0.25) is 0 Å². The van der Waals surface area contributed by atoms with E-state index >= 15 is 0 Å². The molecule has 3 rings (SSSR count). The summed E-state index contributed by atoms with van der Waals surface area (Å²) in [4.78, 5) is 2.54. The molecule has 0 amide bonds. The lowest BCUT2D eigenvalue weighted by atomic mass is 9.86. The van der Waals surface area contributed by atoms with E-state index in [2.05, 4.69) is 34.6 Å². The molecule has 1 aromatic heterocycles. The van der Waals surface area contributed by atoms with Gasteiger partial charge in [-0.05, 0) is 32.8 Å². The molecule has 1 aromatic rings. The Balaban J connectivity index is 1.77. The summed E-state index contributed by atoms with van der Waals surface area (Å²) in [5, 5.41) is 4.47. The highest BCUT2D eigenvalue weighted by Gasteiger charge is 2.41. The SMILES string of the molecule is COC1(c2ccnn2C(C)C)CCN(C2COC2)CC1. The molecule has 0 radical (unpaired) electrons. The number of nitrogens with zero attached hydrogens (tertiary/aromatic N) is 3. The van der Waals surface area contributed by atoms with Crippen molar-refractivity contribution in [3.05, 3.63) is 18.0 Å². The molecule has 2 fully saturated rings. The van der Waals surface area contributed by atoms with Crippen molar-refractivity contribution < 1.29 is 9.47 Å². The average Bonchev–Trinajstić information content (AvgIpc) is 2.88. The Hall–Kier alpha value is -0.910. The number of aromatic nitrogens is 2. The topological polar surface area (TPSA) is 39.5 Å². The highest BCUT2D eigenvalue weighted by molar-refractivity contribution is 5.15. The standard InChI is InChI=1S/C15H25N3O2/c1-12(2)18-14(4-7-16-18)15(19-3)5-8-17(9-6-15)13-10-20-11-13/h4,7,12-13H,5-6,8-11H2,1-3H3. The van der Waals surface area contributed by atoms with E-state index in [0.29, 0.717) is 12.1 Å². The first kappa shape index (κ1) is 14.0. The number of hydrogen-bond acceptors (Lipinski definition) is 4. The van der Waals surface area contributed by atoms with Crippen molar-refractivity contribution in [2.24, 2.45) is 0 Å². The Labute approximate surface area is 120 Å². The van der Waals surface area contributed by atoms with Crippen LogP contribution < -0.4 is 0 Å². The molecule has 2 aliphatic heterocycles. The van der Waals surface area contributed by atoms with Gasteiger partial charge in [0, 0.05) is 32.4 Å². The fourth-order valence-corrected chi connectivity index (χ4v) is 3.34. The van der Waals surface area contributed by atoms with Crippen LogP contribution in [0.3, 0.4) is 0 Å². The summed E-state index contributed by atoms with van der Waals surface area (Å²) in [6.07, 6.45) is 3.94. The molecule has 112 valence electrons. The number of rotatable bonds is 4. The lowest BCUT2D eigenvalue weighted by molar-refractivity contribution is -0.115. The number of ether oxygens (including phenoxy) is 2. The zero-order valence-corrected chi connectivity index (χ0v) is 12.7. The van der Waals surface area contributed by atoms with Crippen molar-refractivity contribution >= 4 is 0 Å². The molecule has 0 unspecified atom stereocenters. The first-order chi connectivity index (χ1) is 9.66. The third kappa shape index (κ3) is 2.28. The highest BCUT2D eigenvalue weighted by Crippen LogP contribution is 2.37. The van der Waals surface area contributed by atoms with Crippen molar-refractivity contribution in [2.75, 3.05) is 33.4 Å². The lowest BCUT2D eigenvalue weighted by Crippen LogP contribution is -2.54. The van der Waals surface area contributed by atoms with Crippen molar-refractivity contribution in [1.29, 1.82) is 0 Å². The van der Waals surface area contributed by atoms with Crippen LogP contribution >= 0.6 is 0 Å². The van der Waals surface area contributed by atoms with Gasteiger partial charge in [0.1, 0.15) is 5.60 Å². The molecule has 0 atom stereocenters. The van der Waals surface area contributed by atoms with E-state index in [1.807, 2.05) is 13.3 Å². The van der Waals surface area contributed by atoms with Crippen molar-refractivity contribution in [1.82, 2.24) is 14.7 Å². The van der Waals surface area contributed by atoms with Crippen LogP contribution in [0.5, 0.6) is 0 Å². The normalized spacial score (nSPS) is 24.0. The van der Waals surface area contributed by atoms with E-state index in [0.717, 1.165) is 39.1 Å². The van der Waals surface area contributed by atoms with Gasteiger partial charge in [0.05, 0.1) is 24.9 Å². The van der Waals surface area contributed by atoms with E-state index in [1.54, 1.807) is 0 Å². The molecule has 5 heteroatoms. The molecule has 0 N–H and O–H groups in total. The number of methoxy groups -OCH3 is 1. The average molecular weight is 279 g/mol. The van der Waals surface area contributed by atoms with Crippen LogP contribution in [0.1, 0.15) is 38.4 Å². The third-order valence-electron chi connectivity index (χ3n) is 4.76. The zero-order chi connectivity index (χ0) is 14.2. The number of piperidine rings is 1. The van der Waals surface area contributed by atoms with Crippen LogP contribution in [0.15, 0.2) is 12.3 Å². The van der Waals surface area contributed by atoms with Crippen molar-refractivity contribution in [3.63, 3.8) is 0 Å². The van der Waals surface area contributed by atoms with E-state index in [-0.39, 0.29) is 5.60 Å². The van der Waals surface area contributed by atoms with E-state index < -0.39 is 0 Å². The summed E-state index contributed by atoms with van der Waals surface area (Å²) in [6.45, 7) is 8.27. The monoisotopic (exact) mass is 279 g/mol. The predicted molar refractivity (Wildman–Crippen MR) is 76.7 cm³/mol. The molecule has 0 aromatic carbocycles. The third-order valence-corrected chi connectivity index (χ3v) is 4.76. The first-order valence-electron chi connectivity index (χ1n) is 7.57. The predicted octanol–water partition coefficient (Wildman–Crippen LogP) is 1.80. The molecule has 3 heterocycles. The van der Waals surface area contributed by atoms with Crippen molar-refractivity contribution in [2.45, 2.75) is 44.4 Å². The van der Waals surface area contributed by atoms with Crippen LogP contribution in [-0.4, -0.2) is 54.1 Å². The molecular formula is C15H25N3O2. The Bertz CT molecular complexity index is 446. The van der Waals surface area contributed by atoms with Gasteiger partial charge in [-0.15, -0.1) is 0 Å². The van der Waals surface area contributed by atoms with Gasteiger partial charge in [0.15, 0.2) is 0 Å². The van der Waals surface area contributed by atoms with Gasteiger partial charge in [0.2, 0.25) is 0 Å². The second-order valence-corrected chi connectivity index (χ2v) is 6.18. The van der Waals surface area contributed by atoms with Gasteiger partial charge >= 0.3 is 0 Å². The Morgan fingerprint density at radius 2 is 2.05 bits per heavy atom. The quantitative estimate of drug-likeness (QED) is 0.842. The summed E-state index contributed by atoms with van der Waals surface area (Å²) in [6, 6.07) is 3.11. The fourth-order valence-electron chi connectivity index (χ4n) is 3.34. The molecule has 5 nitrogen and oxygen atoms in total. The molecule has 0 spiro atoms. The molecular weight excluding hydrogens is 254 g/mol. The summed E-state index contributed by atoms with van der Waals surface area (Å²) in [5.41, 5.74) is 1.04. The van der Waals surface area contributed by atoms with Gasteiger partial charge < -0.3 is 9.47 Å². The maximum absolute atomic E-state index is 5.97. The molecule has 0 bridgehead atoms. The molecule has 2 saturated heterocycles. The maximum atomic E-state index is 5.97. The minimum absolute atomic E-state index is 0.179. The molecule has 0 aliphatic carbocycles. The molecule has 20 heavy (non-hydrogen) atoms. The maximum Gasteiger partial charge on any atom is 0.112 e. The van der Waals surface area contributed by atoms with E-state index in [4.69, 9.17) is 9.47 Å². The number of likely N-dealkylation sites (tertiary alicyclic amines) is 1. The van der Waals surface area contributed by atoms with E-state index in [1.165, 1.54) is 5.69 Å². The molecule has 0 saturated carbocycles. The minimum atomic E-state index is -0.179. The van der Waals surface area contributed by atoms with E-state index in [9.17, 15) is 0 Å². The number of hydrogen-bond donors (Lipinski definition) is 0. The minimum Gasteiger partial charge on any atom is -0.378 e. The molecule has 2 aliphatic rings. The van der Waals surface area contributed by atoms with Crippen LogP contribution in [0.4, 0.5) is 0 Å². The zero-order valence-electron chi connectivity index (χ0n) is 12.7. The lowest BCUT2D eigenvalue weighted by Gasteiger charge is -2.46. The first-order valence-corrected chi connectivity index (χ1v) is 7.57. The van der Waals surface area contributed by atoms with Gasteiger partial charge in [0.25, 0.3) is 0 Å². The van der Waals surface area contributed by atoms with Crippen LogP contribution in [0, 0.1) is 0 Å². The summed E-state index contributed by atoms with van der Waals surface area (Å²) < 4.78 is 13.4. The second-order valence-electron chi connectivity index (χ2n) is 6.18. The van der Waals surface area contributed by atoms with Gasteiger partial charge in [-0.1, -0.05) is 0 Å². The Kier molecular flexibility index (Phi) is 3.84. The van der Waals surface area contributed by atoms with Gasteiger partial charge in [-0.2, -0.15) is 5.10 Å². The Morgan fingerprint density at radius 3 is 2.55 bits per heavy atom. The largest absolute Gasteiger partial charge is 0.378 e.